The fraction of sp³-hybridized carbons (Fsp3) is 0.714. The summed E-state index contributed by atoms with van der Waals surface area (Å²) < 4.78 is 0. The normalized spacial score (nSPS) is 13.1. The Hall–Kier alpha value is -1.26. The van der Waals surface area contributed by atoms with Gasteiger partial charge in [0.15, 0.2) is 0 Å². The van der Waals surface area contributed by atoms with Gasteiger partial charge in [-0.05, 0) is 12.8 Å². The molecule has 0 saturated heterocycles. The minimum atomic E-state index is -1.28. The predicted octanol–water partition coefficient (Wildman–Crippen LogP) is 1.19. The first kappa shape index (κ1) is 22.7. The summed E-state index contributed by atoms with van der Waals surface area (Å²) in [7, 11) is 2.18. The van der Waals surface area contributed by atoms with Crippen molar-refractivity contribution in [1.82, 2.24) is 4.90 Å². The van der Waals surface area contributed by atoms with Crippen molar-refractivity contribution in [1.29, 1.82) is 0 Å². The van der Waals surface area contributed by atoms with Crippen LogP contribution in [0.1, 0.15) is 39.5 Å². The lowest BCUT2D eigenvalue weighted by Gasteiger charge is -2.27. The molecule has 0 rings (SSSR count). The summed E-state index contributed by atoms with van der Waals surface area (Å²) in [5.41, 5.74) is 5.36. The van der Waals surface area contributed by atoms with Gasteiger partial charge in [-0.2, -0.15) is 0 Å². The van der Waals surface area contributed by atoms with Gasteiger partial charge in [-0.25, -0.2) is 4.79 Å². The van der Waals surface area contributed by atoms with Gasteiger partial charge in [0.2, 0.25) is 11.8 Å². The first-order chi connectivity index (χ1) is 11.3. The van der Waals surface area contributed by atoms with E-state index in [9.17, 15) is 24.3 Å². The van der Waals surface area contributed by atoms with Crippen molar-refractivity contribution in [3.05, 3.63) is 0 Å². The Bertz CT molecular complexity index is 443. The largest absolute Gasteiger partial charge is 0.480 e. The molecule has 0 spiro atoms. The van der Waals surface area contributed by atoms with Crippen molar-refractivity contribution in [2.45, 2.75) is 51.6 Å². The zero-order chi connectivity index (χ0) is 18.7. The molecule has 0 heterocycles. The molecule has 0 saturated carbocycles. The van der Waals surface area contributed by atoms with Crippen molar-refractivity contribution in [3.63, 3.8) is 0 Å². The van der Waals surface area contributed by atoms with Crippen LogP contribution in [0.25, 0.3) is 0 Å². The maximum Gasteiger partial charge on any atom is 0.327 e. The van der Waals surface area contributed by atoms with Crippen LogP contribution < -0.4 is 5.73 Å². The molecule has 0 unspecified atom stereocenters. The third-order valence-corrected chi connectivity index (χ3v) is 5.37. The van der Waals surface area contributed by atoms with Crippen molar-refractivity contribution in [3.8, 4) is 0 Å². The highest BCUT2D eigenvalue weighted by Gasteiger charge is 2.33. The highest BCUT2D eigenvalue weighted by Crippen LogP contribution is 2.25. The van der Waals surface area contributed by atoms with E-state index in [1.165, 1.54) is 0 Å². The van der Waals surface area contributed by atoms with Crippen LogP contribution in [0, 0.1) is 0 Å². The second kappa shape index (κ2) is 12.2. The van der Waals surface area contributed by atoms with E-state index in [2.05, 4.69) is 0 Å². The van der Waals surface area contributed by atoms with E-state index in [0.29, 0.717) is 12.8 Å². The van der Waals surface area contributed by atoms with Crippen LogP contribution in [0.4, 0.5) is 0 Å². The highest BCUT2D eigenvalue weighted by molar-refractivity contribution is 8.76. The first-order valence-corrected chi connectivity index (χ1v) is 10.0. The lowest BCUT2D eigenvalue weighted by atomic mass is 10.2. The quantitative estimate of drug-likeness (QED) is 0.336. The van der Waals surface area contributed by atoms with Crippen LogP contribution in [-0.2, 0) is 19.2 Å². The molecule has 0 aromatic rings. The lowest BCUT2D eigenvalue weighted by molar-refractivity contribution is -0.157. The molecule has 10 heteroatoms. The molecule has 24 heavy (non-hydrogen) atoms. The number of amides is 2. The van der Waals surface area contributed by atoms with Gasteiger partial charge in [-0.3, -0.25) is 19.3 Å². The summed E-state index contributed by atoms with van der Waals surface area (Å²) in [5, 5.41) is 18.1. The fourth-order valence-electron chi connectivity index (χ4n) is 1.72. The fourth-order valence-corrected chi connectivity index (χ4v) is 4.02. The monoisotopic (exact) mass is 380 g/mol. The summed E-state index contributed by atoms with van der Waals surface area (Å²) >= 11 is 0. The number of carbonyl (C=O) groups excluding carboxylic acids is 2. The molecule has 8 nitrogen and oxygen atoms in total. The number of carboxylic acids is 2. The summed E-state index contributed by atoms with van der Waals surface area (Å²) in [5.74, 6) is -3.35. The highest BCUT2D eigenvalue weighted by atomic mass is 33.1. The average Bonchev–Trinajstić information content (AvgIpc) is 2.49. The van der Waals surface area contributed by atoms with Crippen molar-refractivity contribution >= 4 is 45.3 Å². The molecule has 0 aliphatic carbocycles. The number of carboxylic acid groups (broad SMARTS) is 2. The van der Waals surface area contributed by atoms with E-state index >= 15 is 0 Å². The molecule has 0 radical (unpaired) electrons. The molecule has 0 aromatic carbocycles. The van der Waals surface area contributed by atoms with Crippen LogP contribution in [-0.4, -0.2) is 62.5 Å². The molecule has 0 fully saturated rings. The van der Waals surface area contributed by atoms with Gasteiger partial charge in [-0.15, -0.1) is 0 Å². The molecule has 0 aliphatic heterocycles. The second-order valence-corrected chi connectivity index (χ2v) is 7.58. The Morgan fingerprint density at radius 1 is 0.917 bits per heavy atom. The number of rotatable bonds is 12. The second-order valence-electron chi connectivity index (χ2n) is 5.03. The van der Waals surface area contributed by atoms with E-state index in [4.69, 9.17) is 10.8 Å². The van der Waals surface area contributed by atoms with Crippen LogP contribution >= 0.6 is 21.6 Å². The molecule has 0 bridgehead atoms. The molecular weight excluding hydrogens is 356 g/mol. The van der Waals surface area contributed by atoms with Crippen molar-refractivity contribution in [2.75, 3.05) is 11.5 Å². The molecule has 4 N–H and O–H groups in total. The first-order valence-electron chi connectivity index (χ1n) is 7.56. The van der Waals surface area contributed by atoms with E-state index in [1.54, 1.807) is 13.8 Å². The van der Waals surface area contributed by atoms with Gasteiger partial charge in [0.25, 0.3) is 0 Å². The summed E-state index contributed by atoms with van der Waals surface area (Å²) in [6.07, 6.45) is 1.22. The molecule has 138 valence electrons. The number of carbonyl (C=O) groups is 4. The Morgan fingerprint density at radius 2 is 1.38 bits per heavy atom. The van der Waals surface area contributed by atoms with Gasteiger partial charge in [0.1, 0.15) is 12.1 Å². The van der Waals surface area contributed by atoms with Gasteiger partial charge >= 0.3 is 11.9 Å². The van der Waals surface area contributed by atoms with Gasteiger partial charge < -0.3 is 15.9 Å². The van der Waals surface area contributed by atoms with Gasteiger partial charge in [0.05, 0.1) is 0 Å². The number of imide groups is 1. The van der Waals surface area contributed by atoms with Crippen LogP contribution in [0.2, 0.25) is 0 Å². The molecular formula is C14H24N2O6S2. The Kier molecular flexibility index (Phi) is 11.5. The zero-order valence-corrected chi connectivity index (χ0v) is 15.4. The number of aliphatic carboxylic acids is 2. The Labute approximate surface area is 148 Å². The van der Waals surface area contributed by atoms with E-state index < -0.39 is 35.8 Å². The predicted molar refractivity (Wildman–Crippen MR) is 93.6 cm³/mol. The Balaban J connectivity index is 4.91. The SMILES string of the molecule is CCCC(=O)N(C(=O)CCC)[C@@H](CSSC[C@H](N)C(=O)O)C(=O)O. The van der Waals surface area contributed by atoms with E-state index in [-0.39, 0.29) is 24.3 Å². The summed E-state index contributed by atoms with van der Waals surface area (Å²) in [4.78, 5) is 47.3. The van der Waals surface area contributed by atoms with Gasteiger partial charge in [-0.1, -0.05) is 35.4 Å². The van der Waals surface area contributed by atoms with Crippen LogP contribution in [0.3, 0.4) is 0 Å². The minimum absolute atomic E-state index is 0.0305. The maximum atomic E-state index is 12.2. The number of hydrogen-bond donors (Lipinski definition) is 3. The average molecular weight is 380 g/mol. The summed E-state index contributed by atoms with van der Waals surface area (Å²) in [6, 6.07) is -2.33. The molecule has 0 aromatic heterocycles. The van der Waals surface area contributed by atoms with Crippen molar-refractivity contribution < 1.29 is 29.4 Å². The number of nitrogens with two attached hydrogens (primary N) is 1. The van der Waals surface area contributed by atoms with Crippen LogP contribution in [0.5, 0.6) is 0 Å². The van der Waals surface area contributed by atoms with Crippen molar-refractivity contribution in [2.24, 2.45) is 5.73 Å². The molecule has 2 amide bonds. The minimum Gasteiger partial charge on any atom is -0.480 e. The standard InChI is InChI=1S/C14H24N2O6S2/c1-3-5-11(17)16(12(18)6-4-2)10(14(21)22)8-24-23-7-9(15)13(19)20/h9-10H,3-8,15H2,1-2H3,(H,19,20)(H,21,22)/t9-,10-/m0/s1. The third kappa shape index (κ3) is 8.02. The zero-order valence-electron chi connectivity index (χ0n) is 13.8. The lowest BCUT2D eigenvalue weighted by Crippen LogP contribution is -2.49. The molecule has 2 atom stereocenters. The molecule has 0 aliphatic rings. The maximum absolute atomic E-state index is 12.2. The Morgan fingerprint density at radius 3 is 1.75 bits per heavy atom. The number of nitrogens with zero attached hydrogens (tertiary/aromatic N) is 1. The third-order valence-electron chi connectivity index (χ3n) is 2.94. The summed E-state index contributed by atoms with van der Waals surface area (Å²) in [6.45, 7) is 3.54. The van der Waals surface area contributed by atoms with Crippen LogP contribution in [0.15, 0.2) is 0 Å². The van der Waals surface area contributed by atoms with Gasteiger partial charge in [0, 0.05) is 24.3 Å². The van der Waals surface area contributed by atoms with E-state index in [0.717, 1.165) is 26.5 Å². The smallest absolute Gasteiger partial charge is 0.327 e. The van der Waals surface area contributed by atoms with E-state index in [1.807, 2.05) is 0 Å². The number of hydrogen-bond acceptors (Lipinski definition) is 7. The topological polar surface area (TPSA) is 138 Å².